The van der Waals surface area contributed by atoms with Crippen LogP contribution in [0, 0.1) is 0 Å². The van der Waals surface area contributed by atoms with E-state index in [2.05, 4.69) is 43.7 Å². The maximum Gasteiger partial charge on any atom is 0.293 e. The first-order chi connectivity index (χ1) is 13.0. The van der Waals surface area contributed by atoms with Crippen molar-refractivity contribution in [2.45, 2.75) is 17.7 Å². The number of aromatic nitrogens is 2. The average Bonchev–Trinajstić information content (AvgIpc) is 3.29. The summed E-state index contributed by atoms with van der Waals surface area (Å²) in [5, 5.41) is 13.6. The lowest BCUT2D eigenvalue weighted by Gasteiger charge is -2.05. The molecule has 10 heteroatoms. The molecule has 140 valence electrons. The number of rotatable bonds is 7. The van der Waals surface area contributed by atoms with Crippen molar-refractivity contribution < 1.29 is 14.0 Å². The van der Waals surface area contributed by atoms with E-state index < -0.39 is 5.91 Å². The first-order valence-corrected chi connectivity index (χ1v) is 10.5. The number of hydrogen-bond acceptors (Lipinski definition) is 7. The predicted molar refractivity (Wildman–Crippen MR) is 109 cm³/mol. The van der Waals surface area contributed by atoms with E-state index in [1.54, 1.807) is 12.1 Å². The maximum absolute atomic E-state index is 12.1. The van der Waals surface area contributed by atoms with E-state index in [1.165, 1.54) is 28.7 Å². The van der Waals surface area contributed by atoms with Gasteiger partial charge in [0.05, 0.1) is 5.75 Å². The van der Waals surface area contributed by atoms with E-state index in [4.69, 9.17) is 4.42 Å². The van der Waals surface area contributed by atoms with Crippen LogP contribution in [0.3, 0.4) is 0 Å². The molecule has 0 aliphatic rings. The van der Waals surface area contributed by atoms with Gasteiger partial charge < -0.3 is 9.73 Å². The Morgan fingerprint density at radius 1 is 1.15 bits per heavy atom. The van der Waals surface area contributed by atoms with Crippen LogP contribution in [-0.4, -0.2) is 27.8 Å². The number of amides is 2. The van der Waals surface area contributed by atoms with Gasteiger partial charge in [0, 0.05) is 5.69 Å². The van der Waals surface area contributed by atoms with E-state index in [1.807, 2.05) is 24.3 Å². The van der Waals surface area contributed by atoms with Gasteiger partial charge in [-0.25, -0.2) is 0 Å². The lowest BCUT2D eigenvalue weighted by Crippen LogP contribution is -2.13. The van der Waals surface area contributed by atoms with Crippen LogP contribution >= 0.6 is 39.0 Å². The number of thioether (sulfide) groups is 1. The fourth-order valence-corrected chi connectivity index (χ4v) is 3.92. The van der Waals surface area contributed by atoms with Gasteiger partial charge in [0.15, 0.2) is 14.8 Å². The molecule has 2 aromatic heterocycles. The van der Waals surface area contributed by atoms with Crippen LogP contribution in [0.5, 0.6) is 0 Å². The summed E-state index contributed by atoms with van der Waals surface area (Å²) in [6, 6.07) is 10.9. The minimum absolute atomic E-state index is 0.134. The molecule has 0 aliphatic heterocycles. The highest BCUT2D eigenvalue weighted by atomic mass is 79.9. The Bertz CT molecular complexity index is 940. The Morgan fingerprint density at radius 2 is 1.93 bits per heavy atom. The van der Waals surface area contributed by atoms with Crippen molar-refractivity contribution in [3.63, 3.8) is 0 Å². The van der Waals surface area contributed by atoms with Crippen molar-refractivity contribution in [2.75, 3.05) is 16.4 Å². The number of halogens is 1. The molecule has 2 N–H and O–H groups in total. The molecule has 0 radical (unpaired) electrons. The SMILES string of the molecule is CCc1ccc(NC(=O)CSc2nnc(NC(=O)c3ccc(Br)o3)s2)cc1. The summed E-state index contributed by atoms with van der Waals surface area (Å²) in [6.07, 6.45) is 0.956. The molecule has 2 heterocycles. The summed E-state index contributed by atoms with van der Waals surface area (Å²) in [5.74, 6) is -0.185. The second-order valence-corrected chi connectivity index (χ2v) is 8.30. The van der Waals surface area contributed by atoms with Gasteiger partial charge >= 0.3 is 0 Å². The second kappa shape index (κ2) is 9.16. The van der Waals surface area contributed by atoms with Crippen molar-refractivity contribution in [3.05, 3.63) is 52.4 Å². The third-order valence-corrected chi connectivity index (χ3v) is 5.79. The summed E-state index contributed by atoms with van der Waals surface area (Å²) < 4.78 is 6.23. The number of carbonyl (C=O) groups is 2. The molecular formula is C17H15BrN4O3S2. The second-order valence-electron chi connectivity index (χ2n) is 5.32. The topological polar surface area (TPSA) is 97.1 Å². The van der Waals surface area contributed by atoms with Gasteiger partial charge in [-0.15, -0.1) is 10.2 Å². The number of benzene rings is 1. The number of carbonyl (C=O) groups excluding carboxylic acids is 2. The number of furan rings is 1. The molecular weight excluding hydrogens is 452 g/mol. The van der Waals surface area contributed by atoms with Crippen LogP contribution in [0.25, 0.3) is 0 Å². The third-order valence-electron chi connectivity index (χ3n) is 3.40. The Balaban J connectivity index is 1.48. The van der Waals surface area contributed by atoms with Crippen LogP contribution in [0.4, 0.5) is 10.8 Å². The Hall–Kier alpha value is -2.17. The van der Waals surface area contributed by atoms with E-state index in [0.29, 0.717) is 14.1 Å². The largest absolute Gasteiger partial charge is 0.444 e. The highest BCUT2D eigenvalue weighted by Gasteiger charge is 2.14. The molecule has 27 heavy (non-hydrogen) atoms. The number of nitrogens with zero attached hydrogens (tertiary/aromatic N) is 2. The summed E-state index contributed by atoms with van der Waals surface area (Å²) in [7, 11) is 0. The Morgan fingerprint density at radius 3 is 2.59 bits per heavy atom. The summed E-state index contributed by atoms with van der Waals surface area (Å²) in [4.78, 5) is 24.0. The molecule has 0 bridgehead atoms. The fourth-order valence-electron chi connectivity index (χ4n) is 2.06. The number of nitrogens with one attached hydrogen (secondary N) is 2. The molecule has 0 spiro atoms. The normalized spacial score (nSPS) is 10.6. The highest BCUT2D eigenvalue weighted by Crippen LogP contribution is 2.26. The summed E-state index contributed by atoms with van der Waals surface area (Å²) in [6.45, 7) is 2.08. The van der Waals surface area contributed by atoms with Gasteiger partial charge in [0.25, 0.3) is 5.91 Å². The zero-order chi connectivity index (χ0) is 19.2. The van der Waals surface area contributed by atoms with Crippen LogP contribution < -0.4 is 10.6 Å². The van der Waals surface area contributed by atoms with Gasteiger partial charge in [-0.05, 0) is 52.2 Å². The van der Waals surface area contributed by atoms with Crippen LogP contribution in [0.1, 0.15) is 23.0 Å². The lowest BCUT2D eigenvalue weighted by atomic mass is 10.1. The third kappa shape index (κ3) is 5.65. The average molecular weight is 467 g/mol. The van der Waals surface area contributed by atoms with Crippen molar-refractivity contribution in [1.29, 1.82) is 0 Å². The molecule has 1 aromatic carbocycles. The van der Waals surface area contributed by atoms with E-state index in [9.17, 15) is 9.59 Å². The van der Waals surface area contributed by atoms with E-state index in [0.717, 1.165) is 12.1 Å². The molecule has 0 saturated carbocycles. The number of anilines is 2. The quantitative estimate of drug-likeness (QED) is 0.394. The van der Waals surface area contributed by atoms with Crippen LogP contribution in [-0.2, 0) is 11.2 Å². The molecule has 0 aliphatic carbocycles. The molecule has 0 saturated heterocycles. The highest BCUT2D eigenvalue weighted by molar-refractivity contribution is 9.10. The molecule has 3 aromatic rings. The number of aryl methyl sites for hydroxylation is 1. The van der Waals surface area contributed by atoms with Crippen LogP contribution in [0.2, 0.25) is 0 Å². The fraction of sp³-hybridized carbons (Fsp3) is 0.176. The van der Waals surface area contributed by atoms with Gasteiger partial charge in [0.2, 0.25) is 11.0 Å². The molecule has 2 amide bonds. The minimum Gasteiger partial charge on any atom is -0.444 e. The zero-order valence-corrected chi connectivity index (χ0v) is 17.4. The molecule has 0 unspecified atom stereocenters. The summed E-state index contributed by atoms with van der Waals surface area (Å²) in [5.41, 5.74) is 1.97. The zero-order valence-electron chi connectivity index (χ0n) is 14.2. The molecule has 7 nitrogen and oxygen atoms in total. The lowest BCUT2D eigenvalue weighted by molar-refractivity contribution is -0.113. The van der Waals surface area contributed by atoms with Gasteiger partial charge in [-0.2, -0.15) is 0 Å². The maximum atomic E-state index is 12.1. The first kappa shape index (κ1) is 19.6. The van der Waals surface area contributed by atoms with Gasteiger partial charge in [-0.1, -0.05) is 42.2 Å². The van der Waals surface area contributed by atoms with Gasteiger partial charge in [0.1, 0.15) is 0 Å². The van der Waals surface area contributed by atoms with Gasteiger partial charge in [-0.3, -0.25) is 14.9 Å². The Kier molecular flexibility index (Phi) is 6.64. The number of hydrogen-bond donors (Lipinski definition) is 2. The van der Waals surface area contributed by atoms with Crippen molar-refractivity contribution in [2.24, 2.45) is 0 Å². The molecule has 0 atom stereocenters. The van der Waals surface area contributed by atoms with E-state index >= 15 is 0 Å². The molecule has 3 rings (SSSR count). The van der Waals surface area contributed by atoms with Crippen LogP contribution in [0.15, 0.2) is 49.8 Å². The van der Waals surface area contributed by atoms with Crippen molar-refractivity contribution in [1.82, 2.24) is 10.2 Å². The monoisotopic (exact) mass is 466 g/mol. The smallest absolute Gasteiger partial charge is 0.293 e. The first-order valence-electron chi connectivity index (χ1n) is 7.95. The Labute approximate surface area is 172 Å². The van der Waals surface area contributed by atoms with Crippen molar-refractivity contribution >= 4 is 61.7 Å². The van der Waals surface area contributed by atoms with Crippen molar-refractivity contribution in [3.8, 4) is 0 Å². The minimum atomic E-state index is -0.415. The predicted octanol–water partition coefficient (Wildman–Crippen LogP) is 4.44. The molecule has 0 fully saturated rings. The van der Waals surface area contributed by atoms with E-state index in [-0.39, 0.29) is 17.4 Å². The standard InChI is InChI=1S/C17H15BrN4O3S2/c1-2-10-3-5-11(6-4-10)19-14(23)9-26-17-22-21-16(27-17)20-15(24)12-7-8-13(18)25-12/h3-8H,2,9H2,1H3,(H,19,23)(H,20,21,24). The summed E-state index contributed by atoms with van der Waals surface area (Å²) >= 11 is 5.59.